The van der Waals surface area contributed by atoms with E-state index < -0.39 is 0 Å². The second kappa shape index (κ2) is 8.51. The summed E-state index contributed by atoms with van der Waals surface area (Å²) in [4.78, 5) is 22.8. The maximum atomic E-state index is 12.7. The van der Waals surface area contributed by atoms with Crippen molar-refractivity contribution in [3.63, 3.8) is 0 Å². The van der Waals surface area contributed by atoms with Gasteiger partial charge >= 0.3 is 0 Å². The fourth-order valence-electron chi connectivity index (χ4n) is 2.56. The molecular weight excluding hydrogens is 364 g/mol. The van der Waals surface area contributed by atoms with Gasteiger partial charge in [0.15, 0.2) is 0 Å². The van der Waals surface area contributed by atoms with Crippen molar-refractivity contribution in [3.8, 4) is 5.75 Å². The van der Waals surface area contributed by atoms with E-state index in [4.69, 9.17) is 16.3 Å². The van der Waals surface area contributed by atoms with Crippen molar-refractivity contribution in [3.05, 3.63) is 77.1 Å². The van der Waals surface area contributed by atoms with Gasteiger partial charge in [-0.1, -0.05) is 41.9 Å². The van der Waals surface area contributed by atoms with Gasteiger partial charge in [0.1, 0.15) is 11.4 Å². The van der Waals surface area contributed by atoms with Crippen LogP contribution in [-0.2, 0) is 6.54 Å². The average Bonchev–Trinajstić information content (AvgIpc) is 2.68. The Hall–Kier alpha value is -3.12. The summed E-state index contributed by atoms with van der Waals surface area (Å²) in [6.07, 6.45) is 1.54. The fraction of sp³-hybridized carbons (Fsp3) is 0.150. The molecule has 1 amide bonds. The number of anilines is 2. The predicted octanol–water partition coefficient (Wildman–Crippen LogP) is 4.15. The summed E-state index contributed by atoms with van der Waals surface area (Å²) in [6.45, 7) is 0.495. The third kappa shape index (κ3) is 4.74. The molecule has 1 heterocycles. The second-order valence-electron chi connectivity index (χ2n) is 5.88. The molecule has 0 aliphatic rings. The molecule has 3 rings (SSSR count). The first-order chi connectivity index (χ1) is 13.1. The van der Waals surface area contributed by atoms with E-state index in [1.807, 2.05) is 30.3 Å². The van der Waals surface area contributed by atoms with Gasteiger partial charge in [-0.2, -0.15) is 0 Å². The first-order valence-corrected chi connectivity index (χ1v) is 8.67. The number of aromatic nitrogens is 2. The maximum absolute atomic E-state index is 12.7. The van der Waals surface area contributed by atoms with Gasteiger partial charge in [0.05, 0.1) is 12.8 Å². The van der Waals surface area contributed by atoms with Crippen LogP contribution >= 0.6 is 11.6 Å². The summed E-state index contributed by atoms with van der Waals surface area (Å²) in [7, 11) is 3.30. The molecule has 7 heteroatoms. The summed E-state index contributed by atoms with van der Waals surface area (Å²) >= 11 is 6.04. The quantitative estimate of drug-likeness (QED) is 0.693. The molecule has 0 radical (unpaired) electrons. The smallest absolute Gasteiger partial charge is 0.272 e. The Morgan fingerprint density at radius 1 is 1.19 bits per heavy atom. The number of ether oxygens (including phenoxy) is 1. The Labute approximate surface area is 162 Å². The van der Waals surface area contributed by atoms with E-state index in [1.165, 1.54) is 6.20 Å². The van der Waals surface area contributed by atoms with Crippen LogP contribution in [0.2, 0.25) is 5.02 Å². The number of halogens is 1. The molecule has 3 aromatic rings. The predicted molar refractivity (Wildman–Crippen MR) is 106 cm³/mol. The molecule has 0 aliphatic heterocycles. The zero-order valence-electron chi connectivity index (χ0n) is 15.0. The van der Waals surface area contributed by atoms with Crippen LogP contribution in [-0.4, -0.2) is 34.9 Å². The highest BCUT2D eigenvalue weighted by atomic mass is 35.5. The molecule has 0 saturated carbocycles. The number of carbonyl (C=O) groups is 1. The van der Waals surface area contributed by atoms with Crippen molar-refractivity contribution in [2.24, 2.45) is 0 Å². The van der Waals surface area contributed by atoms with Gasteiger partial charge in [-0.3, -0.25) is 4.79 Å². The number of rotatable bonds is 6. The largest absolute Gasteiger partial charge is 0.495 e. The molecule has 0 spiro atoms. The Morgan fingerprint density at radius 2 is 1.96 bits per heavy atom. The lowest BCUT2D eigenvalue weighted by atomic mass is 10.2. The minimum absolute atomic E-state index is 0.192. The minimum atomic E-state index is -0.192. The van der Waals surface area contributed by atoms with E-state index >= 15 is 0 Å². The first-order valence-electron chi connectivity index (χ1n) is 8.30. The minimum Gasteiger partial charge on any atom is -0.495 e. The highest BCUT2D eigenvalue weighted by Gasteiger charge is 2.15. The summed E-state index contributed by atoms with van der Waals surface area (Å²) in [5, 5.41) is 3.59. The molecule has 0 unspecified atom stereocenters. The number of benzene rings is 2. The first kappa shape index (κ1) is 18.7. The Kier molecular flexibility index (Phi) is 5.88. The van der Waals surface area contributed by atoms with E-state index in [1.54, 1.807) is 43.3 Å². The molecule has 1 N–H and O–H groups in total. The van der Waals surface area contributed by atoms with Crippen LogP contribution in [0.1, 0.15) is 16.1 Å². The number of carbonyl (C=O) groups excluding carboxylic acids is 1. The second-order valence-corrected chi connectivity index (χ2v) is 6.32. The Balaban J connectivity index is 1.77. The standard InChI is InChI=1S/C20H19ClN4O2/c1-25(13-14-6-4-3-5-7-14)19(26)16-10-11-22-20(23-16)24-17-12-15(21)8-9-18(17)27-2/h3-12H,13H2,1-2H3,(H,22,23,24). The van der Waals surface area contributed by atoms with Crippen LogP contribution in [0, 0.1) is 0 Å². The maximum Gasteiger partial charge on any atom is 0.272 e. The van der Waals surface area contributed by atoms with Crippen molar-refractivity contribution in [2.75, 3.05) is 19.5 Å². The summed E-state index contributed by atoms with van der Waals surface area (Å²) in [6, 6.07) is 16.5. The third-order valence-electron chi connectivity index (χ3n) is 3.89. The molecule has 0 saturated heterocycles. The van der Waals surface area contributed by atoms with Crippen molar-refractivity contribution in [2.45, 2.75) is 6.54 Å². The molecule has 138 valence electrons. The lowest BCUT2D eigenvalue weighted by Crippen LogP contribution is -2.27. The number of hydrogen-bond donors (Lipinski definition) is 1. The van der Waals surface area contributed by atoms with Crippen molar-refractivity contribution in [1.29, 1.82) is 0 Å². The molecular formula is C20H19ClN4O2. The van der Waals surface area contributed by atoms with E-state index in [9.17, 15) is 4.79 Å². The SMILES string of the molecule is COc1ccc(Cl)cc1Nc1nccc(C(=O)N(C)Cc2ccccc2)n1. The number of hydrogen-bond acceptors (Lipinski definition) is 5. The molecule has 27 heavy (non-hydrogen) atoms. The number of nitrogens with one attached hydrogen (secondary N) is 1. The Bertz CT molecular complexity index is 934. The number of nitrogens with zero attached hydrogens (tertiary/aromatic N) is 3. The average molecular weight is 383 g/mol. The van der Waals surface area contributed by atoms with Crippen molar-refractivity contribution >= 4 is 29.1 Å². The fourth-order valence-corrected chi connectivity index (χ4v) is 2.73. The van der Waals surface area contributed by atoms with Crippen LogP contribution in [0.5, 0.6) is 5.75 Å². The van der Waals surface area contributed by atoms with Gasteiger partial charge in [-0.25, -0.2) is 9.97 Å². The van der Waals surface area contributed by atoms with Crippen LogP contribution in [0.4, 0.5) is 11.6 Å². The highest BCUT2D eigenvalue weighted by Crippen LogP contribution is 2.29. The molecule has 0 aliphatic carbocycles. The van der Waals surface area contributed by atoms with Crippen LogP contribution in [0.25, 0.3) is 0 Å². The number of amides is 1. The molecule has 6 nitrogen and oxygen atoms in total. The van der Waals surface area contributed by atoms with E-state index in [0.29, 0.717) is 28.7 Å². The van der Waals surface area contributed by atoms with Gasteiger partial charge in [0.25, 0.3) is 5.91 Å². The van der Waals surface area contributed by atoms with Crippen LogP contribution < -0.4 is 10.1 Å². The van der Waals surface area contributed by atoms with E-state index in [-0.39, 0.29) is 11.9 Å². The molecule has 0 bridgehead atoms. The Morgan fingerprint density at radius 3 is 2.70 bits per heavy atom. The lowest BCUT2D eigenvalue weighted by molar-refractivity contribution is 0.0779. The van der Waals surface area contributed by atoms with E-state index in [0.717, 1.165) is 5.56 Å². The monoisotopic (exact) mass is 382 g/mol. The van der Waals surface area contributed by atoms with Gasteiger partial charge in [0.2, 0.25) is 5.95 Å². The molecule has 0 fully saturated rings. The molecule has 1 aromatic heterocycles. The summed E-state index contributed by atoms with van der Waals surface area (Å²) < 4.78 is 5.30. The summed E-state index contributed by atoms with van der Waals surface area (Å²) in [5.74, 6) is 0.692. The normalized spacial score (nSPS) is 10.3. The van der Waals surface area contributed by atoms with Crippen LogP contribution in [0.15, 0.2) is 60.8 Å². The summed E-state index contributed by atoms with van der Waals surface area (Å²) in [5.41, 5.74) is 1.96. The number of methoxy groups -OCH3 is 1. The van der Waals surface area contributed by atoms with Crippen molar-refractivity contribution < 1.29 is 9.53 Å². The zero-order chi connectivity index (χ0) is 19.2. The van der Waals surface area contributed by atoms with Crippen LogP contribution in [0.3, 0.4) is 0 Å². The van der Waals surface area contributed by atoms with Crippen molar-refractivity contribution in [1.82, 2.24) is 14.9 Å². The van der Waals surface area contributed by atoms with E-state index in [2.05, 4.69) is 15.3 Å². The topological polar surface area (TPSA) is 67.3 Å². The molecule has 2 aromatic carbocycles. The van der Waals surface area contributed by atoms with Gasteiger partial charge in [-0.05, 0) is 29.8 Å². The van der Waals surface area contributed by atoms with Gasteiger partial charge < -0.3 is 15.0 Å². The lowest BCUT2D eigenvalue weighted by Gasteiger charge is -2.17. The van der Waals surface area contributed by atoms with Gasteiger partial charge in [-0.15, -0.1) is 0 Å². The van der Waals surface area contributed by atoms with Gasteiger partial charge in [0, 0.05) is 24.8 Å². The third-order valence-corrected chi connectivity index (χ3v) is 4.13. The zero-order valence-corrected chi connectivity index (χ0v) is 15.8. The highest BCUT2D eigenvalue weighted by molar-refractivity contribution is 6.31. The molecule has 0 atom stereocenters.